The second-order valence-corrected chi connectivity index (χ2v) is 8.01. The van der Waals surface area contributed by atoms with E-state index in [1.807, 2.05) is 23.1 Å². The average Bonchev–Trinajstić information content (AvgIpc) is 3.57. The Morgan fingerprint density at radius 3 is 2.61 bits per heavy atom. The van der Waals surface area contributed by atoms with Crippen LogP contribution in [0.2, 0.25) is 0 Å². The van der Waals surface area contributed by atoms with Crippen molar-refractivity contribution in [2.75, 3.05) is 6.54 Å². The third kappa shape index (κ3) is 4.24. The zero-order valence-corrected chi connectivity index (χ0v) is 16.3. The van der Waals surface area contributed by atoms with Gasteiger partial charge in [-0.3, -0.25) is 14.6 Å². The summed E-state index contributed by atoms with van der Waals surface area (Å²) in [6.45, 7) is 3.00. The molecule has 146 valence electrons. The number of benzene rings is 1. The Balaban J connectivity index is 1.45. The lowest BCUT2D eigenvalue weighted by Gasteiger charge is -2.40. The summed E-state index contributed by atoms with van der Waals surface area (Å²) in [5.74, 6) is 0.228. The molecular weight excluding hydrogens is 350 g/mol. The van der Waals surface area contributed by atoms with E-state index in [1.165, 1.54) is 11.1 Å². The number of hydrogen-bond donors (Lipinski definition) is 1. The number of rotatable bonds is 5. The number of aryl methyl sites for hydroxylation is 1. The van der Waals surface area contributed by atoms with Crippen LogP contribution >= 0.6 is 0 Å². The molecule has 2 aliphatic rings. The molecule has 1 aromatic carbocycles. The van der Waals surface area contributed by atoms with Gasteiger partial charge < -0.3 is 10.2 Å². The van der Waals surface area contributed by atoms with E-state index in [9.17, 15) is 9.59 Å². The number of aromatic nitrogens is 1. The first-order valence-corrected chi connectivity index (χ1v) is 10.2. The highest BCUT2D eigenvalue weighted by molar-refractivity contribution is 5.84. The third-order valence-corrected chi connectivity index (χ3v) is 5.76. The fraction of sp³-hybridized carbons (Fsp3) is 0.435. The monoisotopic (exact) mass is 377 g/mol. The van der Waals surface area contributed by atoms with Gasteiger partial charge in [-0.25, -0.2) is 0 Å². The average molecular weight is 377 g/mol. The van der Waals surface area contributed by atoms with E-state index in [0.717, 1.165) is 31.4 Å². The first-order valence-electron chi connectivity index (χ1n) is 10.2. The van der Waals surface area contributed by atoms with E-state index in [4.69, 9.17) is 0 Å². The maximum Gasteiger partial charge on any atom is 0.226 e. The summed E-state index contributed by atoms with van der Waals surface area (Å²) in [6.07, 6.45) is 5.30. The number of nitrogens with zero attached hydrogens (tertiary/aromatic N) is 2. The van der Waals surface area contributed by atoms with E-state index < -0.39 is 0 Å². The van der Waals surface area contributed by atoms with Gasteiger partial charge in [0.2, 0.25) is 11.8 Å². The number of nitrogens with one attached hydrogen (secondary N) is 1. The van der Waals surface area contributed by atoms with Crippen LogP contribution in [0.4, 0.5) is 0 Å². The van der Waals surface area contributed by atoms with Crippen LogP contribution in [0.1, 0.15) is 48.5 Å². The smallest absolute Gasteiger partial charge is 0.226 e. The van der Waals surface area contributed by atoms with Crippen molar-refractivity contribution in [2.45, 2.75) is 45.2 Å². The molecule has 1 aliphatic carbocycles. The van der Waals surface area contributed by atoms with E-state index in [-0.39, 0.29) is 29.7 Å². The molecule has 2 fully saturated rings. The van der Waals surface area contributed by atoms with Gasteiger partial charge in [-0.2, -0.15) is 0 Å². The number of pyridine rings is 1. The molecule has 28 heavy (non-hydrogen) atoms. The second-order valence-electron chi connectivity index (χ2n) is 8.01. The van der Waals surface area contributed by atoms with E-state index in [1.54, 1.807) is 6.20 Å². The summed E-state index contributed by atoms with van der Waals surface area (Å²) in [6, 6.07) is 14.1. The highest BCUT2D eigenvalue weighted by Crippen LogP contribution is 2.39. The lowest BCUT2D eigenvalue weighted by molar-refractivity contribution is -0.140. The van der Waals surface area contributed by atoms with Crippen molar-refractivity contribution >= 4 is 11.8 Å². The molecule has 1 aliphatic heterocycles. The molecule has 0 unspecified atom stereocenters. The first-order chi connectivity index (χ1) is 13.6. The van der Waals surface area contributed by atoms with Crippen molar-refractivity contribution < 1.29 is 9.59 Å². The van der Waals surface area contributed by atoms with Gasteiger partial charge in [-0.05, 0) is 50.3 Å². The predicted molar refractivity (Wildman–Crippen MR) is 107 cm³/mol. The van der Waals surface area contributed by atoms with Gasteiger partial charge in [-0.15, -0.1) is 0 Å². The van der Waals surface area contributed by atoms with Crippen LogP contribution in [-0.2, 0) is 16.1 Å². The number of piperidine rings is 1. The van der Waals surface area contributed by atoms with Crippen molar-refractivity contribution in [3.63, 3.8) is 0 Å². The minimum absolute atomic E-state index is 0.0157. The zero-order chi connectivity index (χ0) is 19.5. The SMILES string of the molecule is Cc1cccc([C@H]2CC[C@H](C(=O)NCc3ccccn3)CN2C(=O)C2CC2)c1. The van der Waals surface area contributed by atoms with Crippen molar-refractivity contribution in [3.8, 4) is 0 Å². The summed E-state index contributed by atoms with van der Waals surface area (Å²) < 4.78 is 0. The summed E-state index contributed by atoms with van der Waals surface area (Å²) in [7, 11) is 0. The summed E-state index contributed by atoms with van der Waals surface area (Å²) in [5, 5.41) is 3.00. The molecule has 2 atom stereocenters. The van der Waals surface area contributed by atoms with Crippen molar-refractivity contribution in [2.24, 2.45) is 11.8 Å². The summed E-state index contributed by atoms with van der Waals surface area (Å²) >= 11 is 0. The van der Waals surface area contributed by atoms with Gasteiger partial charge in [0, 0.05) is 18.7 Å². The largest absolute Gasteiger partial charge is 0.350 e. The Kier molecular flexibility index (Phi) is 5.42. The molecule has 2 amide bonds. The van der Waals surface area contributed by atoms with Crippen LogP contribution in [0.3, 0.4) is 0 Å². The normalized spacial score (nSPS) is 22.0. The lowest BCUT2D eigenvalue weighted by atomic mass is 9.87. The quantitative estimate of drug-likeness (QED) is 0.869. The topological polar surface area (TPSA) is 62.3 Å². The molecule has 1 saturated heterocycles. The standard InChI is InChI=1S/C23H27N3O2/c1-16-5-4-6-18(13-16)21-11-10-19(15-26(21)23(28)17-8-9-17)22(27)25-14-20-7-2-3-12-24-20/h2-7,12-13,17,19,21H,8-11,14-15H2,1H3,(H,25,27)/t19-,21+/m0/s1. The highest BCUT2D eigenvalue weighted by Gasteiger charge is 2.41. The minimum Gasteiger partial charge on any atom is -0.350 e. The Labute approximate surface area is 166 Å². The second kappa shape index (κ2) is 8.13. The van der Waals surface area contributed by atoms with Crippen LogP contribution in [0, 0.1) is 18.8 Å². The maximum absolute atomic E-state index is 13.0. The Morgan fingerprint density at radius 2 is 1.89 bits per heavy atom. The minimum atomic E-state index is -0.160. The maximum atomic E-state index is 13.0. The Morgan fingerprint density at radius 1 is 1.07 bits per heavy atom. The molecule has 2 aromatic rings. The van der Waals surface area contributed by atoms with E-state index in [0.29, 0.717) is 13.1 Å². The predicted octanol–water partition coefficient (Wildman–Crippen LogP) is 3.40. The van der Waals surface area contributed by atoms with Crippen molar-refractivity contribution in [3.05, 3.63) is 65.5 Å². The highest BCUT2D eigenvalue weighted by atomic mass is 16.2. The van der Waals surface area contributed by atoms with E-state index in [2.05, 4.69) is 41.5 Å². The summed E-state index contributed by atoms with van der Waals surface area (Å²) in [4.78, 5) is 31.9. The van der Waals surface area contributed by atoms with Gasteiger partial charge in [-0.1, -0.05) is 35.9 Å². The van der Waals surface area contributed by atoms with Crippen LogP contribution in [0.25, 0.3) is 0 Å². The van der Waals surface area contributed by atoms with Crippen LogP contribution in [0.15, 0.2) is 48.7 Å². The zero-order valence-electron chi connectivity index (χ0n) is 16.3. The fourth-order valence-electron chi connectivity index (χ4n) is 4.04. The summed E-state index contributed by atoms with van der Waals surface area (Å²) in [5.41, 5.74) is 3.23. The van der Waals surface area contributed by atoms with Gasteiger partial charge in [0.1, 0.15) is 0 Å². The molecule has 5 heteroatoms. The number of amides is 2. The Bertz CT molecular complexity index is 848. The molecule has 0 spiro atoms. The van der Waals surface area contributed by atoms with Gasteiger partial charge in [0.25, 0.3) is 0 Å². The molecule has 4 rings (SSSR count). The van der Waals surface area contributed by atoms with E-state index >= 15 is 0 Å². The number of hydrogen-bond acceptors (Lipinski definition) is 3. The number of carbonyl (C=O) groups is 2. The number of likely N-dealkylation sites (tertiary alicyclic amines) is 1. The Hall–Kier alpha value is -2.69. The molecule has 1 aromatic heterocycles. The van der Waals surface area contributed by atoms with Gasteiger partial charge in [0.05, 0.1) is 24.2 Å². The van der Waals surface area contributed by atoms with Crippen LogP contribution < -0.4 is 5.32 Å². The molecule has 1 saturated carbocycles. The first kappa shape index (κ1) is 18.7. The van der Waals surface area contributed by atoms with Gasteiger partial charge in [0.15, 0.2) is 0 Å². The lowest BCUT2D eigenvalue weighted by Crippen LogP contribution is -2.47. The van der Waals surface area contributed by atoms with Gasteiger partial charge >= 0.3 is 0 Å². The van der Waals surface area contributed by atoms with Crippen molar-refractivity contribution in [1.82, 2.24) is 15.2 Å². The molecular formula is C23H27N3O2. The molecule has 0 radical (unpaired) electrons. The molecule has 0 bridgehead atoms. The number of carbonyl (C=O) groups excluding carboxylic acids is 2. The van der Waals surface area contributed by atoms with Crippen LogP contribution in [-0.4, -0.2) is 28.2 Å². The molecule has 2 heterocycles. The third-order valence-electron chi connectivity index (χ3n) is 5.76. The van der Waals surface area contributed by atoms with Crippen LogP contribution in [0.5, 0.6) is 0 Å². The molecule has 1 N–H and O–H groups in total. The fourth-order valence-corrected chi connectivity index (χ4v) is 4.04. The molecule has 5 nitrogen and oxygen atoms in total. The van der Waals surface area contributed by atoms with Crippen molar-refractivity contribution in [1.29, 1.82) is 0 Å².